The van der Waals surface area contributed by atoms with Crippen LogP contribution in [0, 0.1) is 0 Å². The zero-order valence-electron chi connectivity index (χ0n) is 17.9. The minimum absolute atomic E-state index is 0.103. The molecular formula is C23H18BrClN6O2S. The van der Waals surface area contributed by atoms with Gasteiger partial charge in [0.1, 0.15) is 5.75 Å². The fraction of sp³-hybridized carbons (Fsp3) is 0.0870. The van der Waals surface area contributed by atoms with Crippen molar-refractivity contribution in [3.05, 3.63) is 82.0 Å². The molecule has 4 rings (SSSR count). The van der Waals surface area contributed by atoms with Crippen molar-refractivity contribution < 1.29 is 9.53 Å². The maximum atomic E-state index is 12.4. The van der Waals surface area contributed by atoms with Gasteiger partial charge in [0.2, 0.25) is 0 Å². The van der Waals surface area contributed by atoms with Crippen LogP contribution in [0.3, 0.4) is 0 Å². The van der Waals surface area contributed by atoms with Crippen molar-refractivity contribution in [3.8, 4) is 22.8 Å². The largest absolute Gasteiger partial charge is 0.496 e. The number of thioether (sulfide) groups is 1. The summed E-state index contributed by atoms with van der Waals surface area (Å²) in [7, 11) is 1.60. The van der Waals surface area contributed by atoms with E-state index in [1.165, 1.54) is 11.8 Å². The Morgan fingerprint density at radius 3 is 2.65 bits per heavy atom. The van der Waals surface area contributed by atoms with E-state index >= 15 is 0 Å². The van der Waals surface area contributed by atoms with Crippen molar-refractivity contribution in [2.24, 2.45) is 5.10 Å². The molecule has 0 spiro atoms. The van der Waals surface area contributed by atoms with E-state index in [0.29, 0.717) is 21.8 Å². The van der Waals surface area contributed by atoms with Gasteiger partial charge in [-0.05, 0) is 76.1 Å². The number of benzene rings is 2. The third-order valence-corrected chi connectivity index (χ3v) is 6.37. The molecule has 0 saturated carbocycles. The molecule has 11 heteroatoms. The van der Waals surface area contributed by atoms with Crippen LogP contribution in [0.2, 0.25) is 5.02 Å². The van der Waals surface area contributed by atoms with Gasteiger partial charge in [-0.1, -0.05) is 23.4 Å². The number of nitrogens with zero attached hydrogens (tertiary/aromatic N) is 5. The van der Waals surface area contributed by atoms with Gasteiger partial charge in [-0.3, -0.25) is 14.3 Å². The smallest absolute Gasteiger partial charge is 0.250 e. The second-order valence-electron chi connectivity index (χ2n) is 6.83. The predicted molar refractivity (Wildman–Crippen MR) is 137 cm³/mol. The maximum Gasteiger partial charge on any atom is 0.250 e. The average molecular weight is 558 g/mol. The molecule has 2 aromatic carbocycles. The number of amides is 1. The van der Waals surface area contributed by atoms with Gasteiger partial charge in [-0.25, -0.2) is 5.43 Å². The first-order chi connectivity index (χ1) is 16.5. The molecule has 0 aliphatic carbocycles. The predicted octanol–water partition coefficient (Wildman–Crippen LogP) is 5.00. The number of hydrogen-bond donors (Lipinski definition) is 1. The number of aromatic nitrogens is 4. The van der Waals surface area contributed by atoms with E-state index in [1.54, 1.807) is 37.9 Å². The molecule has 2 heterocycles. The van der Waals surface area contributed by atoms with Gasteiger partial charge in [-0.2, -0.15) is 5.10 Å². The first-order valence-electron chi connectivity index (χ1n) is 9.95. The van der Waals surface area contributed by atoms with E-state index in [9.17, 15) is 4.79 Å². The second kappa shape index (κ2) is 11.3. The third-order valence-electron chi connectivity index (χ3n) is 4.57. The highest BCUT2D eigenvalue weighted by atomic mass is 79.9. The lowest BCUT2D eigenvalue weighted by Gasteiger charge is -2.10. The fourth-order valence-corrected chi connectivity index (χ4v) is 4.41. The number of methoxy groups -OCH3 is 1. The number of ether oxygens (including phenoxy) is 1. The van der Waals surface area contributed by atoms with Crippen LogP contribution in [-0.4, -0.2) is 44.7 Å². The summed E-state index contributed by atoms with van der Waals surface area (Å²) < 4.78 is 7.88. The van der Waals surface area contributed by atoms with E-state index in [0.717, 1.165) is 21.3 Å². The Morgan fingerprint density at radius 2 is 1.94 bits per heavy atom. The number of hydrogen-bond acceptors (Lipinski definition) is 7. The molecule has 34 heavy (non-hydrogen) atoms. The summed E-state index contributed by atoms with van der Waals surface area (Å²) in [5.74, 6) is 1.18. The van der Waals surface area contributed by atoms with Crippen LogP contribution in [0.1, 0.15) is 5.56 Å². The SMILES string of the molecule is COc1ccc(C=NNC(=O)CSc2nnc(-c3ccncc3)n2-c2ccc(Cl)cc2)cc1Br. The van der Waals surface area contributed by atoms with Crippen molar-refractivity contribution >= 4 is 51.4 Å². The Bertz CT molecular complexity index is 1320. The van der Waals surface area contributed by atoms with Crippen molar-refractivity contribution in [2.75, 3.05) is 12.9 Å². The number of carbonyl (C=O) groups is 1. The van der Waals surface area contributed by atoms with E-state index in [2.05, 4.69) is 41.6 Å². The van der Waals surface area contributed by atoms with Crippen LogP contribution in [0.4, 0.5) is 0 Å². The monoisotopic (exact) mass is 556 g/mol. The molecule has 0 radical (unpaired) electrons. The van der Waals surface area contributed by atoms with Gasteiger partial charge >= 0.3 is 0 Å². The zero-order valence-corrected chi connectivity index (χ0v) is 21.0. The van der Waals surface area contributed by atoms with Crippen LogP contribution in [0.25, 0.3) is 17.1 Å². The van der Waals surface area contributed by atoms with Crippen molar-refractivity contribution in [3.63, 3.8) is 0 Å². The Labute approximate surface area is 213 Å². The summed E-state index contributed by atoms with van der Waals surface area (Å²) >= 11 is 10.7. The van der Waals surface area contributed by atoms with Crippen LogP contribution < -0.4 is 10.2 Å². The van der Waals surface area contributed by atoms with Gasteiger partial charge in [0.15, 0.2) is 11.0 Å². The molecule has 0 atom stereocenters. The molecule has 0 unspecified atom stereocenters. The Morgan fingerprint density at radius 1 is 1.18 bits per heavy atom. The van der Waals surface area contributed by atoms with E-state index in [-0.39, 0.29) is 11.7 Å². The lowest BCUT2D eigenvalue weighted by Crippen LogP contribution is -2.20. The molecule has 4 aromatic rings. The number of halogens is 2. The number of rotatable bonds is 8. The lowest BCUT2D eigenvalue weighted by atomic mass is 10.2. The molecule has 0 fully saturated rings. The van der Waals surface area contributed by atoms with E-state index in [4.69, 9.17) is 16.3 Å². The highest BCUT2D eigenvalue weighted by Gasteiger charge is 2.17. The Kier molecular flexibility index (Phi) is 7.94. The Balaban J connectivity index is 1.47. The van der Waals surface area contributed by atoms with E-state index < -0.39 is 0 Å². The summed E-state index contributed by atoms with van der Waals surface area (Å²) in [6.07, 6.45) is 4.94. The molecule has 0 saturated heterocycles. The molecule has 172 valence electrons. The zero-order chi connectivity index (χ0) is 23.9. The first kappa shape index (κ1) is 23.9. The molecule has 1 amide bonds. The van der Waals surface area contributed by atoms with E-state index in [1.807, 2.05) is 47.0 Å². The summed E-state index contributed by atoms with van der Waals surface area (Å²) in [6.45, 7) is 0. The van der Waals surface area contributed by atoms with Gasteiger partial charge in [0.25, 0.3) is 5.91 Å². The molecule has 0 aliphatic rings. The van der Waals surface area contributed by atoms with Crippen molar-refractivity contribution in [1.82, 2.24) is 25.2 Å². The fourth-order valence-electron chi connectivity index (χ4n) is 2.98. The maximum absolute atomic E-state index is 12.4. The summed E-state index contributed by atoms with van der Waals surface area (Å²) in [4.78, 5) is 16.4. The summed E-state index contributed by atoms with van der Waals surface area (Å²) in [5.41, 5.74) is 5.02. The van der Waals surface area contributed by atoms with Gasteiger partial charge in [0.05, 0.1) is 23.5 Å². The number of hydrazone groups is 1. The van der Waals surface area contributed by atoms with Crippen molar-refractivity contribution in [2.45, 2.75) is 5.16 Å². The van der Waals surface area contributed by atoms with Gasteiger partial charge < -0.3 is 4.74 Å². The highest BCUT2D eigenvalue weighted by Crippen LogP contribution is 2.28. The normalized spacial score (nSPS) is 11.0. The quantitative estimate of drug-likeness (QED) is 0.186. The van der Waals surface area contributed by atoms with Crippen LogP contribution in [0.15, 0.2) is 81.7 Å². The highest BCUT2D eigenvalue weighted by molar-refractivity contribution is 9.10. The summed E-state index contributed by atoms with van der Waals surface area (Å²) in [6, 6.07) is 16.5. The van der Waals surface area contributed by atoms with Gasteiger partial charge in [-0.15, -0.1) is 10.2 Å². The standard InChI is InChI=1S/C23H18BrClN6O2S/c1-33-20-7-2-15(12-19(20)24)13-27-28-21(32)14-34-23-30-29-22(16-8-10-26-11-9-16)31(23)18-5-3-17(25)4-6-18/h2-13H,14H2,1H3,(H,28,32). The molecule has 1 N–H and O–H groups in total. The summed E-state index contributed by atoms with van der Waals surface area (Å²) in [5, 5.41) is 13.9. The Hall–Kier alpha value is -3.21. The van der Waals surface area contributed by atoms with Crippen LogP contribution in [-0.2, 0) is 4.79 Å². The lowest BCUT2D eigenvalue weighted by molar-refractivity contribution is -0.118. The molecule has 0 bridgehead atoms. The number of pyridine rings is 1. The van der Waals surface area contributed by atoms with Crippen LogP contribution >= 0.6 is 39.3 Å². The minimum Gasteiger partial charge on any atom is -0.496 e. The topological polar surface area (TPSA) is 94.3 Å². The molecular weight excluding hydrogens is 540 g/mol. The number of carbonyl (C=O) groups excluding carboxylic acids is 1. The molecule has 8 nitrogen and oxygen atoms in total. The average Bonchev–Trinajstić information content (AvgIpc) is 3.28. The van der Waals surface area contributed by atoms with Crippen molar-refractivity contribution in [1.29, 1.82) is 0 Å². The molecule has 2 aromatic heterocycles. The number of nitrogens with one attached hydrogen (secondary N) is 1. The minimum atomic E-state index is -0.273. The first-order valence-corrected chi connectivity index (χ1v) is 12.1. The molecule has 0 aliphatic heterocycles. The second-order valence-corrected chi connectivity index (χ2v) is 9.06. The van der Waals surface area contributed by atoms with Gasteiger partial charge in [0, 0.05) is 28.7 Å². The van der Waals surface area contributed by atoms with Crippen LogP contribution in [0.5, 0.6) is 5.75 Å². The third kappa shape index (κ3) is 5.82.